The lowest BCUT2D eigenvalue weighted by molar-refractivity contribution is 0.604. The largest absolute Gasteiger partial charge is 0.306 e. The molecule has 1 heterocycles. The Labute approximate surface area is 131 Å². The zero-order valence-electron chi connectivity index (χ0n) is 10.1. The molecule has 1 aromatic heterocycles. The van der Waals surface area contributed by atoms with Crippen LogP contribution in [0.4, 0.5) is 0 Å². The molecule has 1 unspecified atom stereocenters. The van der Waals surface area contributed by atoms with Crippen molar-refractivity contribution in [3.8, 4) is 0 Å². The number of rotatable bonds is 5. The molecule has 1 nitrogen and oxygen atoms in total. The number of benzene rings is 1. The van der Waals surface area contributed by atoms with Gasteiger partial charge in [0.25, 0.3) is 0 Å². The normalized spacial score (nSPS) is 12.6. The molecule has 0 amide bonds. The second-order valence-corrected chi connectivity index (χ2v) is 6.96. The van der Waals surface area contributed by atoms with Crippen LogP contribution in [0.15, 0.2) is 36.4 Å². The highest BCUT2D eigenvalue weighted by Gasteiger charge is 2.17. The van der Waals surface area contributed by atoms with Gasteiger partial charge in [0.15, 0.2) is 0 Å². The van der Waals surface area contributed by atoms with E-state index >= 15 is 0 Å². The van der Waals surface area contributed by atoms with Crippen molar-refractivity contribution in [1.82, 2.24) is 5.32 Å². The molecule has 4 heteroatoms. The van der Waals surface area contributed by atoms with Crippen LogP contribution in [0.5, 0.6) is 0 Å². The van der Waals surface area contributed by atoms with Gasteiger partial charge in [-0.3, -0.25) is 0 Å². The van der Waals surface area contributed by atoms with Gasteiger partial charge in [0.1, 0.15) is 0 Å². The average molecular weight is 392 g/mol. The smallest absolute Gasteiger partial charge is 0.0931 e. The van der Waals surface area contributed by atoms with E-state index in [0.717, 1.165) is 17.3 Å². The predicted octanol–water partition coefficient (Wildman–Crippen LogP) is 5.10. The summed E-state index contributed by atoms with van der Waals surface area (Å²) in [6.45, 7) is 3.19. The summed E-state index contributed by atoms with van der Waals surface area (Å²) in [6, 6.07) is 12.8. The highest BCUT2D eigenvalue weighted by Crippen LogP contribution is 2.32. The summed E-state index contributed by atoms with van der Waals surface area (Å²) < 4.78 is 2.13. The molecule has 1 aromatic carbocycles. The summed E-state index contributed by atoms with van der Waals surface area (Å²) in [7, 11) is 0. The monoisotopic (exact) mass is 391 g/mol. The Kier molecular flexibility index (Phi) is 5.48. The molecule has 0 aliphatic rings. The van der Waals surface area contributed by atoms with Crippen molar-refractivity contribution in [3.05, 3.63) is 54.7 Å². The molecule has 18 heavy (non-hydrogen) atoms. The Morgan fingerprint density at radius 2 is 2.06 bits per heavy atom. The van der Waals surface area contributed by atoms with Gasteiger partial charge in [-0.25, -0.2) is 0 Å². The van der Waals surface area contributed by atoms with Crippen molar-refractivity contribution in [2.24, 2.45) is 0 Å². The first-order valence-corrected chi connectivity index (χ1v) is 8.22. The number of hydrogen-bond donors (Lipinski definition) is 1. The lowest BCUT2D eigenvalue weighted by atomic mass is 10.1. The summed E-state index contributed by atoms with van der Waals surface area (Å²) in [4.78, 5) is 1.28. The second-order valence-electron chi connectivity index (χ2n) is 4.05. The molecule has 96 valence electrons. The molecule has 0 saturated heterocycles. The Hall–Kier alpha value is -0.100. The highest BCUT2D eigenvalue weighted by atomic mass is 127. The van der Waals surface area contributed by atoms with Gasteiger partial charge in [-0.2, -0.15) is 0 Å². The van der Waals surface area contributed by atoms with Gasteiger partial charge >= 0.3 is 0 Å². The van der Waals surface area contributed by atoms with Crippen molar-refractivity contribution >= 4 is 45.5 Å². The number of nitrogens with one attached hydrogen (secondary N) is 1. The van der Waals surface area contributed by atoms with E-state index < -0.39 is 0 Å². The summed E-state index contributed by atoms with van der Waals surface area (Å²) >= 11 is 10.1. The van der Waals surface area contributed by atoms with Crippen LogP contribution in [-0.4, -0.2) is 6.54 Å². The SMILES string of the molecule is CCCNC(c1ccc(Cl)s1)c1ccccc1I. The van der Waals surface area contributed by atoms with Crippen LogP contribution < -0.4 is 5.32 Å². The fourth-order valence-electron chi connectivity index (χ4n) is 1.85. The first kappa shape index (κ1) is 14.3. The molecule has 1 atom stereocenters. The third-order valence-corrected chi connectivity index (χ3v) is 4.97. The summed E-state index contributed by atoms with van der Waals surface area (Å²) in [5.41, 5.74) is 1.32. The van der Waals surface area contributed by atoms with E-state index in [9.17, 15) is 0 Å². The minimum Gasteiger partial charge on any atom is -0.306 e. The van der Waals surface area contributed by atoms with Crippen LogP contribution in [-0.2, 0) is 0 Å². The fourth-order valence-corrected chi connectivity index (χ4v) is 3.70. The standard InChI is InChI=1S/C14H15ClINS/c1-2-9-17-14(12-7-8-13(15)18-12)10-5-3-4-6-11(10)16/h3-8,14,17H,2,9H2,1H3. The Morgan fingerprint density at radius 1 is 1.28 bits per heavy atom. The van der Waals surface area contributed by atoms with Crippen molar-refractivity contribution in [1.29, 1.82) is 0 Å². The third-order valence-electron chi connectivity index (χ3n) is 2.69. The van der Waals surface area contributed by atoms with E-state index in [1.165, 1.54) is 14.0 Å². The number of thiophene rings is 1. The minimum atomic E-state index is 0.246. The highest BCUT2D eigenvalue weighted by molar-refractivity contribution is 14.1. The molecule has 0 aliphatic carbocycles. The molecule has 0 spiro atoms. The van der Waals surface area contributed by atoms with Gasteiger partial charge in [0.05, 0.1) is 10.4 Å². The van der Waals surface area contributed by atoms with Gasteiger partial charge in [0.2, 0.25) is 0 Å². The minimum absolute atomic E-state index is 0.246. The van der Waals surface area contributed by atoms with E-state index in [4.69, 9.17) is 11.6 Å². The molecule has 2 rings (SSSR count). The predicted molar refractivity (Wildman–Crippen MR) is 88.6 cm³/mol. The number of halogens is 2. The molecular weight excluding hydrogens is 377 g/mol. The van der Waals surface area contributed by atoms with Crippen molar-refractivity contribution in [2.45, 2.75) is 19.4 Å². The quantitative estimate of drug-likeness (QED) is 0.700. The molecule has 0 fully saturated rings. The molecule has 1 N–H and O–H groups in total. The lowest BCUT2D eigenvalue weighted by Crippen LogP contribution is -2.23. The van der Waals surface area contributed by atoms with Gasteiger partial charge in [0, 0.05) is 8.45 Å². The average Bonchev–Trinajstić information content (AvgIpc) is 2.78. The maximum atomic E-state index is 6.05. The van der Waals surface area contributed by atoms with Gasteiger partial charge in [-0.1, -0.05) is 36.7 Å². The van der Waals surface area contributed by atoms with E-state index in [1.54, 1.807) is 11.3 Å². The molecule has 0 aliphatic heterocycles. The van der Waals surface area contributed by atoms with Crippen LogP contribution in [0.3, 0.4) is 0 Å². The molecule has 0 bridgehead atoms. The van der Waals surface area contributed by atoms with Crippen LogP contribution in [0.25, 0.3) is 0 Å². The van der Waals surface area contributed by atoms with Crippen LogP contribution in [0.1, 0.15) is 29.8 Å². The lowest BCUT2D eigenvalue weighted by Gasteiger charge is -2.19. The number of hydrogen-bond acceptors (Lipinski definition) is 2. The van der Waals surface area contributed by atoms with Crippen LogP contribution >= 0.6 is 45.5 Å². The maximum Gasteiger partial charge on any atom is 0.0931 e. The van der Waals surface area contributed by atoms with Crippen LogP contribution in [0, 0.1) is 3.57 Å². The van der Waals surface area contributed by atoms with Gasteiger partial charge in [-0.05, 0) is 59.3 Å². The third kappa shape index (κ3) is 3.47. The van der Waals surface area contributed by atoms with Crippen LogP contribution in [0.2, 0.25) is 4.34 Å². The Bertz CT molecular complexity index is 512. The maximum absolute atomic E-state index is 6.05. The molecule has 0 radical (unpaired) electrons. The summed E-state index contributed by atoms with van der Waals surface area (Å²) in [6.07, 6.45) is 1.12. The van der Waals surface area contributed by atoms with E-state index in [2.05, 4.69) is 65.2 Å². The Balaban J connectivity index is 2.33. The van der Waals surface area contributed by atoms with E-state index in [0.29, 0.717) is 0 Å². The first-order valence-electron chi connectivity index (χ1n) is 5.95. The zero-order valence-corrected chi connectivity index (χ0v) is 13.8. The fraction of sp³-hybridized carbons (Fsp3) is 0.286. The van der Waals surface area contributed by atoms with Gasteiger partial charge < -0.3 is 5.32 Å². The van der Waals surface area contributed by atoms with Crippen molar-refractivity contribution in [2.75, 3.05) is 6.54 Å². The molecule has 2 aromatic rings. The summed E-state index contributed by atoms with van der Waals surface area (Å²) in [5, 5.41) is 3.60. The zero-order chi connectivity index (χ0) is 13.0. The van der Waals surface area contributed by atoms with E-state index in [-0.39, 0.29) is 6.04 Å². The van der Waals surface area contributed by atoms with Gasteiger partial charge in [-0.15, -0.1) is 11.3 Å². The topological polar surface area (TPSA) is 12.0 Å². The second kappa shape index (κ2) is 6.89. The van der Waals surface area contributed by atoms with E-state index in [1.807, 2.05) is 6.07 Å². The first-order chi connectivity index (χ1) is 8.72. The molecular formula is C14H15ClINS. The Morgan fingerprint density at radius 3 is 2.67 bits per heavy atom. The summed E-state index contributed by atoms with van der Waals surface area (Å²) in [5.74, 6) is 0. The van der Waals surface area contributed by atoms with Crippen molar-refractivity contribution < 1.29 is 0 Å². The molecule has 0 saturated carbocycles. The van der Waals surface area contributed by atoms with Crippen molar-refractivity contribution in [3.63, 3.8) is 0 Å².